The van der Waals surface area contributed by atoms with Crippen LogP contribution in [0.15, 0.2) is 42.5 Å². The number of anilines is 2. The molecule has 0 aromatic heterocycles. The van der Waals surface area contributed by atoms with E-state index in [2.05, 4.69) is 30.5 Å². The standard InChI is InChI=1S/C18H22N2O/c1-12(2)15-7-5-6-8-17(15)20-18(21)16-10-9-14(19-4)11-13(16)3/h5-12,19H,1-4H3,(H,20,21). The SMILES string of the molecule is CNc1ccc(C(=O)Nc2ccccc2C(C)C)c(C)c1. The van der Waals surface area contributed by atoms with Crippen LogP contribution >= 0.6 is 0 Å². The number of para-hydroxylation sites is 1. The van der Waals surface area contributed by atoms with Crippen LogP contribution in [-0.4, -0.2) is 13.0 Å². The second-order valence-corrected chi connectivity index (χ2v) is 5.48. The Hall–Kier alpha value is -2.29. The van der Waals surface area contributed by atoms with E-state index >= 15 is 0 Å². The van der Waals surface area contributed by atoms with Crippen molar-refractivity contribution in [3.05, 3.63) is 59.2 Å². The molecule has 2 aromatic rings. The lowest BCUT2D eigenvalue weighted by Crippen LogP contribution is -2.15. The van der Waals surface area contributed by atoms with Gasteiger partial charge in [-0.05, 0) is 48.2 Å². The first kappa shape index (κ1) is 15.1. The number of amides is 1. The number of hydrogen-bond donors (Lipinski definition) is 2. The third-order valence-electron chi connectivity index (χ3n) is 3.59. The van der Waals surface area contributed by atoms with Gasteiger partial charge >= 0.3 is 0 Å². The predicted molar refractivity (Wildman–Crippen MR) is 89.2 cm³/mol. The summed E-state index contributed by atoms with van der Waals surface area (Å²) in [7, 11) is 1.87. The zero-order chi connectivity index (χ0) is 15.4. The number of hydrogen-bond acceptors (Lipinski definition) is 2. The van der Waals surface area contributed by atoms with Gasteiger partial charge < -0.3 is 10.6 Å². The van der Waals surface area contributed by atoms with Gasteiger partial charge in [0.1, 0.15) is 0 Å². The van der Waals surface area contributed by atoms with Crippen LogP contribution < -0.4 is 10.6 Å². The van der Waals surface area contributed by atoms with E-state index in [0.717, 1.165) is 22.5 Å². The monoisotopic (exact) mass is 282 g/mol. The molecular formula is C18H22N2O. The highest BCUT2D eigenvalue weighted by atomic mass is 16.1. The van der Waals surface area contributed by atoms with E-state index in [9.17, 15) is 4.79 Å². The van der Waals surface area contributed by atoms with Crippen molar-refractivity contribution in [2.75, 3.05) is 17.7 Å². The van der Waals surface area contributed by atoms with Crippen LogP contribution in [0.3, 0.4) is 0 Å². The topological polar surface area (TPSA) is 41.1 Å². The molecule has 0 radical (unpaired) electrons. The average molecular weight is 282 g/mol. The molecule has 21 heavy (non-hydrogen) atoms. The van der Waals surface area contributed by atoms with Gasteiger partial charge in [-0.15, -0.1) is 0 Å². The maximum absolute atomic E-state index is 12.5. The van der Waals surface area contributed by atoms with E-state index in [1.165, 1.54) is 0 Å². The Morgan fingerprint density at radius 1 is 1.10 bits per heavy atom. The second kappa shape index (κ2) is 6.44. The summed E-state index contributed by atoms with van der Waals surface area (Å²) >= 11 is 0. The summed E-state index contributed by atoms with van der Waals surface area (Å²) in [6, 6.07) is 13.7. The molecule has 0 atom stereocenters. The average Bonchev–Trinajstić information content (AvgIpc) is 2.47. The molecule has 110 valence electrons. The van der Waals surface area contributed by atoms with Crippen LogP contribution in [0.5, 0.6) is 0 Å². The van der Waals surface area contributed by atoms with Gasteiger partial charge in [0, 0.05) is 24.0 Å². The zero-order valence-electron chi connectivity index (χ0n) is 13.0. The summed E-state index contributed by atoms with van der Waals surface area (Å²) in [5.41, 5.74) is 4.70. The normalized spacial score (nSPS) is 10.5. The Morgan fingerprint density at radius 3 is 2.43 bits per heavy atom. The Morgan fingerprint density at radius 2 is 1.81 bits per heavy atom. The van der Waals surface area contributed by atoms with Crippen LogP contribution in [-0.2, 0) is 0 Å². The number of nitrogens with one attached hydrogen (secondary N) is 2. The maximum Gasteiger partial charge on any atom is 0.255 e. The van der Waals surface area contributed by atoms with Crippen molar-refractivity contribution in [2.45, 2.75) is 26.7 Å². The molecule has 0 aliphatic rings. The summed E-state index contributed by atoms with van der Waals surface area (Å²) in [5, 5.41) is 6.10. The summed E-state index contributed by atoms with van der Waals surface area (Å²) in [6.07, 6.45) is 0. The van der Waals surface area contributed by atoms with Gasteiger partial charge in [0.05, 0.1) is 0 Å². The minimum atomic E-state index is -0.0664. The molecule has 0 spiro atoms. The molecule has 0 fully saturated rings. The van der Waals surface area contributed by atoms with Crippen LogP contribution in [0.4, 0.5) is 11.4 Å². The van der Waals surface area contributed by atoms with Crippen LogP contribution in [0.25, 0.3) is 0 Å². The Balaban J connectivity index is 2.26. The third kappa shape index (κ3) is 3.43. The Labute approximate surface area is 126 Å². The number of carbonyl (C=O) groups is 1. The van der Waals surface area contributed by atoms with Crippen molar-refractivity contribution in [3.8, 4) is 0 Å². The van der Waals surface area contributed by atoms with Gasteiger partial charge in [0.25, 0.3) is 5.91 Å². The maximum atomic E-state index is 12.5. The fraction of sp³-hybridized carbons (Fsp3) is 0.278. The molecular weight excluding hydrogens is 260 g/mol. The minimum absolute atomic E-state index is 0.0664. The van der Waals surface area contributed by atoms with E-state index in [4.69, 9.17) is 0 Å². The highest BCUT2D eigenvalue weighted by Gasteiger charge is 2.12. The minimum Gasteiger partial charge on any atom is -0.388 e. The van der Waals surface area contributed by atoms with Crippen molar-refractivity contribution < 1.29 is 4.79 Å². The predicted octanol–water partition coefficient (Wildman–Crippen LogP) is 4.41. The van der Waals surface area contributed by atoms with Crippen molar-refractivity contribution >= 4 is 17.3 Å². The van der Waals surface area contributed by atoms with E-state index in [1.807, 2.05) is 50.4 Å². The zero-order valence-corrected chi connectivity index (χ0v) is 13.0. The van der Waals surface area contributed by atoms with Crippen LogP contribution in [0, 0.1) is 6.92 Å². The van der Waals surface area contributed by atoms with E-state index in [-0.39, 0.29) is 5.91 Å². The van der Waals surface area contributed by atoms with Crippen LogP contribution in [0.1, 0.15) is 41.3 Å². The summed E-state index contributed by atoms with van der Waals surface area (Å²) < 4.78 is 0. The van der Waals surface area contributed by atoms with E-state index in [1.54, 1.807) is 0 Å². The van der Waals surface area contributed by atoms with E-state index < -0.39 is 0 Å². The molecule has 0 saturated carbocycles. The van der Waals surface area contributed by atoms with Crippen molar-refractivity contribution in [1.82, 2.24) is 0 Å². The van der Waals surface area contributed by atoms with Crippen molar-refractivity contribution in [3.63, 3.8) is 0 Å². The van der Waals surface area contributed by atoms with Gasteiger partial charge in [0.15, 0.2) is 0 Å². The van der Waals surface area contributed by atoms with Gasteiger partial charge in [-0.3, -0.25) is 4.79 Å². The number of carbonyl (C=O) groups excluding carboxylic acids is 1. The smallest absolute Gasteiger partial charge is 0.255 e. The van der Waals surface area contributed by atoms with Gasteiger partial charge in [0.2, 0.25) is 0 Å². The first-order chi connectivity index (χ1) is 10.0. The van der Waals surface area contributed by atoms with E-state index in [0.29, 0.717) is 11.5 Å². The fourth-order valence-electron chi connectivity index (χ4n) is 2.38. The molecule has 2 rings (SSSR count). The van der Waals surface area contributed by atoms with Gasteiger partial charge in [-0.1, -0.05) is 32.0 Å². The molecule has 0 heterocycles. The summed E-state index contributed by atoms with van der Waals surface area (Å²) in [5.74, 6) is 0.303. The fourth-order valence-corrected chi connectivity index (χ4v) is 2.38. The van der Waals surface area contributed by atoms with Crippen molar-refractivity contribution in [1.29, 1.82) is 0 Å². The number of rotatable bonds is 4. The molecule has 0 bridgehead atoms. The Bertz CT molecular complexity index is 647. The largest absolute Gasteiger partial charge is 0.388 e. The Kier molecular flexibility index (Phi) is 4.63. The highest BCUT2D eigenvalue weighted by molar-refractivity contribution is 6.05. The quantitative estimate of drug-likeness (QED) is 0.872. The first-order valence-corrected chi connectivity index (χ1v) is 7.21. The lowest BCUT2D eigenvalue weighted by Gasteiger charge is -2.14. The lowest BCUT2D eigenvalue weighted by atomic mass is 10.0. The molecule has 0 saturated heterocycles. The second-order valence-electron chi connectivity index (χ2n) is 5.48. The molecule has 3 heteroatoms. The molecule has 0 aliphatic heterocycles. The summed E-state index contributed by atoms with van der Waals surface area (Å²) in [4.78, 5) is 12.5. The highest BCUT2D eigenvalue weighted by Crippen LogP contribution is 2.25. The van der Waals surface area contributed by atoms with Gasteiger partial charge in [-0.25, -0.2) is 0 Å². The lowest BCUT2D eigenvalue weighted by molar-refractivity contribution is 0.102. The third-order valence-corrected chi connectivity index (χ3v) is 3.59. The molecule has 3 nitrogen and oxygen atoms in total. The molecule has 2 N–H and O–H groups in total. The molecule has 1 amide bonds. The number of aryl methyl sites for hydroxylation is 1. The first-order valence-electron chi connectivity index (χ1n) is 7.21. The number of benzene rings is 2. The van der Waals surface area contributed by atoms with Crippen molar-refractivity contribution in [2.24, 2.45) is 0 Å². The van der Waals surface area contributed by atoms with Crippen LogP contribution in [0.2, 0.25) is 0 Å². The van der Waals surface area contributed by atoms with Gasteiger partial charge in [-0.2, -0.15) is 0 Å². The summed E-state index contributed by atoms with van der Waals surface area (Å²) in [6.45, 7) is 6.19. The molecule has 2 aromatic carbocycles. The molecule has 0 aliphatic carbocycles. The molecule has 0 unspecified atom stereocenters.